The van der Waals surface area contributed by atoms with Crippen molar-refractivity contribution in [3.8, 4) is 11.5 Å². The van der Waals surface area contributed by atoms with Crippen molar-refractivity contribution in [2.45, 2.75) is 50.7 Å². The Balaban J connectivity index is 0.000000207. The lowest BCUT2D eigenvalue weighted by Gasteiger charge is -2.38. The zero-order valence-corrected chi connectivity index (χ0v) is 19.7. The summed E-state index contributed by atoms with van der Waals surface area (Å²) in [5.74, 6) is -0.261. The first kappa shape index (κ1) is 26.8. The molecule has 0 aromatic heterocycles. The van der Waals surface area contributed by atoms with Crippen LogP contribution in [0.4, 0.5) is 17.1 Å². The van der Waals surface area contributed by atoms with Crippen LogP contribution in [-0.4, -0.2) is 61.2 Å². The van der Waals surface area contributed by atoms with Gasteiger partial charge in [0.25, 0.3) is 11.4 Å². The van der Waals surface area contributed by atoms with E-state index in [1.807, 2.05) is 18.2 Å². The van der Waals surface area contributed by atoms with Crippen molar-refractivity contribution in [1.82, 2.24) is 4.90 Å². The molecule has 2 N–H and O–H groups in total. The summed E-state index contributed by atoms with van der Waals surface area (Å²) in [5, 5.41) is 51.3. The molecular weight excluding hydrogens is 476 g/mol. The van der Waals surface area contributed by atoms with Gasteiger partial charge in [0.05, 0.1) is 26.9 Å². The van der Waals surface area contributed by atoms with Crippen molar-refractivity contribution in [3.63, 3.8) is 0 Å². The van der Waals surface area contributed by atoms with Crippen LogP contribution in [0.1, 0.15) is 38.2 Å². The lowest BCUT2D eigenvalue weighted by atomic mass is 9.89. The number of nitro groups is 3. The molecule has 0 saturated carbocycles. The molecule has 2 aliphatic heterocycles. The van der Waals surface area contributed by atoms with Gasteiger partial charge in [-0.15, -0.1) is 0 Å². The minimum absolute atomic E-state index is 0.105. The largest absolute Gasteiger partial charge is 0.497 e. The number of hydrogen-bond acceptors (Lipinski definition) is 10. The smallest absolute Gasteiger partial charge is 0.324 e. The highest BCUT2D eigenvalue weighted by atomic mass is 16.6. The van der Waals surface area contributed by atoms with Crippen LogP contribution in [-0.2, 0) is 6.42 Å². The van der Waals surface area contributed by atoms with Gasteiger partial charge < -0.3 is 19.8 Å². The summed E-state index contributed by atoms with van der Waals surface area (Å²) in [5.41, 5.74) is -2.52. The molecule has 2 unspecified atom stereocenters. The van der Waals surface area contributed by atoms with Crippen molar-refractivity contribution >= 4 is 17.1 Å². The van der Waals surface area contributed by atoms with Crippen LogP contribution in [0.5, 0.6) is 11.5 Å². The number of nitrogens with zero attached hydrogens (tertiary/aromatic N) is 4. The lowest BCUT2D eigenvalue weighted by molar-refractivity contribution is -0.404. The van der Waals surface area contributed by atoms with Gasteiger partial charge in [0.15, 0.2) is 0 Å². The Morgan fingerprint density at radius 1 is 1.00 bits per heavy atom. The number of phenols is 1. The summed E-state index contributed by atoms with van der Waals surface area (Å²) >= 11 is 0. The summed E-state index contributed by atoms with van der Waals surface area (Å²) in [4.78, 5) is 30.2. The van der Waals surface area contributed by atoms with E-state index in [1.165, 1.54) is 24.8 Å². The Bertz CT molecular complexity index is 1080. The first-order valence-electron chi connectivity index (χ1n) is 11.5. The molecule has 194 valence electrons. The average Bonchev–Trinajstić information content (AvgIpc) is 3.30. The van der Waals surface area contributed by atoms with Gasteiger partial charge in [-0.05, 0) is 44.0 Å². The van der Waals surface area contributed by atoms with E-state index >= 15 is 0 Å². The van der Waals surface area contributed by atoms with E-state index in [2.05, 4.69) is 17.9 Å². The number of β-amino-alcohol motifs (C(OH)–C–C–N with tert-alkyl or cyclic N) is 1. The van der Waals surface area contributed by atoms with Crippen LogP contribution in [0.3, 0.4) is 0 Å². The Morgan fingerprint density at radius 3 is 2.08 bits per heavy atom. The van der Waals surface area contributed by atoms with E-state index < -0.39 is 43.2 Å². The molecule has 2 heterocycles. The van der Waals surface area contributed by atoms with E-state index in [9.17, 15) is 35.4 Å². The number of likely N-dealkylation sites (tertiary alicyclic amines) is 1. The summed E-state index contributed by atoms with van der Waals surface area (Å²) in [6, 6.07) is 9.04. The first-order chi connectivity index (χ1) is 17.1. The molecule has 2 aromatic carbocycles. The number of rotatable bonds is 7. The quantitative estimate of drug-likeness (QED) is 0.416. The number of benzene rings is 2. The van der Waals surface area contributed by atoms with Crippen LogP contribution in [0.2, 0.25) is 0 Å². The molecule has 0 spiro atoms. The van der Waals surface area contributed by atoms with Crippen LogP contribution < -0.4 is 4.74 Å². The highest BCUT2D eigenvalue weighted by molar-refractivity contribution is 5.64. The molecule has 0 amide bonds. The molecule has 1 fully saturated rings. The summed E-state index contributed by atoms with van der Waals surface area (Å²) in [7, 11) is 0. The second kappa shape index (κ2) is 11.3. The number of piperidine rings is 1. The van der Waals surface area contributed by atoms with Gasteiger partial charge in [0, 0.05) is 13.0 Å². The number of aromatic hydroxyl groups is 1. The van der Waals surface area contributed by atoms with Crippen molar-refractivity contribution in [2.24, 2.45) is 0 Å². The Morgan fingerprint density at radius 2 is 1.58 bits per heavy atom. The van der Waals surface area contributed by atoms with Gasteiger partial charge in [0.2, 0.25) is 0 Å². The fourth-order valence-corrected chi connectivity index (χ4v) is 4.40. The number of nitro benzene ring substituents is 3. The maximum Gasteiger partial charge on any atom is 0.324 e. The predicted molar refractivity (Wildman–Crippen MR) is 128 cm³/mol. The second-order valence-electron chi connectivity index (χ2n) is 8.82. The third-order valence-corrected chi connectivity index (χ3v) is 6.46. The van der Waals surface area contributed by atoms with Gasteiger partial charge >= 0.3 is 11.4 Å². The van der Waals surface area contributed by atoms with Gasteiger partial charge in [-0.25, -0.2) is 0 Å². The van der Waals surface area contributed by atoms with E-state index in [4.69, 9.17) is 9.84 Å². The number of aliphatic hydroxyl groups is 1. The molecule has 36 heavy (non-hydrogen) atoms. The van der Waals surface area contributed by atoms with Crippen LogP contribution >= 0.6 is 0 Å². The van der Waals surface area contributed by atoms with Crippen molar-refractivity contribution in [3.05, 3.63) is 72.3 Å². The van der Waals surface area contributed by atoms with Crippen LogP contribution in [0.25, 0.3) is 0 Å². The average molecular weight is 504 g/mol. The molecule has 0 bridgehead atoms. The number of fused-ring (bicyclic) bond motifs is 1. The highest BCUT2D eigenvalue weighted by Crippen LogP contribution is 2.39. The van der Waals surface area contributed by atoms with Gasteiger partial charge in [0.1, 0.15) is 17.5 Å². The Hall–Kier alpha value is -3.84. The SMILES string of the molecule is CCC(O)(CN1CCCCC1)C1Cc2ccccc2O1.O=[N+]([O-])c1cc([N+](=O)[O-])c(O)c([N+](=O)[O-])c1. The molecule has 1 saturated heterocycles. The monoisotopic (exact) mass is 504 g/mol. The maximum absolute atomic E-state index is 11.1. The number of ether oxygens (including phenoxy) is 1. The summed E-state index contributed by atoms with van der Waals surface area (Å²) in [6.45, 7) is 5.03. The van der Waals surface area contributed by atoms with E-state index in [1.54, 1.807) is 0 Å². The van der Waals surface area contributed by atoms with Crippen molar-refractivity contribution in [1.29, 1.82) is 0 Å². The zero-order chi connectivity index (χ0) is 26.5. The molecule has 4 rings (SSSR count). The van der Waals surface area contributed by atoms with Gasteiger partial charge in [-0.2, -0.15) is 0 Å². The molecule has 2 aromatic rings. The van der Waals surface area contributed by atoms with E-state index in [-0.39, 0.29) is 6.10 Å². The molecule has 2 atom stereocenters. The Labute approximate surface area is 206 Å². The number of non-ortho nitro benzene ring substituents is 1. The second-order valence-corrected chi connectivity index (χ2v) is 8.82. The zero-order valence-electron chi connectivity index (χ0n) is 19.7. The topological polar surface area (TPSA) is 182 Å². The van der Waals surface area contributed by atoms with E-state index in [0.717, 1.165) is 38.2 Å². The van der Waals surface area contributed by atoms with Gasteiger partial charge in [-0.3, -0.25) is 30.3 Å². The summed E-state index contributed by atoms with van der Waals surface area (Å²) < 4.78 is 6.03. The highest BCUT2D eigenvalue weighted by Gasteiger charge is 2.42. The standard InChI is InChI=1S/C17H25NO2.C6H3N3O7/c1-2-17(19,13-18-10-6-3-7-11-18)16-12-14-8-4-5-9-15(14)20-16;10-6-4(8(13)14)1-3(7(11)12)2-5(6)9(15)16/h4-5,8-9,16,19H,2-3,6-7,10-13H2,1H3;1-2,10H. The molecule has 0 aliphatic carbocycles. The van der Waals surface area contributed by atoms with Gasteiger partial charge in [-0.1, -0.05) is 31.5 Å². The summed E-state index contributed by atoms with van der Waals surface area (Å²) in [6.07, 6.45) is 5.30. The molecular formula is C23H28N4O9. The first-order valence-corrected chi connectivity index (χ1v) is 11.5. The lowest BCUT2D eigenvalue weighted by Crippen LogP contribution is -2.53. The predicted octanol–water partition coefficient (Wildman–Crippen LogP) is 3.73. The molecule has 13 nitrogen and oxygen atoms in total. The molecule has 0 radical (unpaired) electrons. The number of hydrogen-bond donors (Lipinski definition) is 2. The molecule has 2 aliphatic rings. The third-order valence-electron chi connectivity index (χ3n) is 6.46. The minimum Gasteiger partial charge on any atom is -0.497 e. The fourth-order valence-electron chi connectivity index (χ4n) is 4.40. The minimum atomic E-state index is -1.21. The van der Waals surface area contributed by atoms with Crippen molar-refractivity contribution in [2.75, 3.05) is 19.6 Å². The number of para-hydroxylation sites is 1. The number of phenolic OH excluding ortho intramolecular Hbond substituents is 1. The maximum atomic E-state index is 11.1. The van der Waals surface area contributed by atoms with E-state index in [0.29, 0.717) is 12.1 Å². The van der Waals surface area contributed by atoms with Crippen LogP contribution in [0.15, 0.2) is 36.4 Å². The van der Waals surface area contributed by atoms with Crippen LogP contribution in [0, 0.1) is 30.3 Å². The molecule has 13 heteroatoms. The normalized spacial score (nSPS) is 18.7. The third kappa shape index (κ3) is 6.04. The Kier molecular flexibility index (Phi) is 8.37. The van der Waals surface area contributed by atoms with Crippen molar-refractivity contribution < 1.29 is 29.7 Å². The fraction of sp³-hybridized carbons (Fsp3) is 0.478.